The van der Waals surface area contributed by atoms with Crippen molar-refractivity contribution in [3.63, 3.8) is 0 Å². The molecule has 2 aromatic carbocycles. The van der Waals surface area contributed by atoms with Crippen molar-refractivity contribution in [2.24, 2.45) is 0 Å². The highest BCUT2D eigenvalue weighted by Gasteiger charge is 2.14. The lowest BCUT2D eigenvalue weighted by Crippen LogP contribution is -2.09. The summed E-state index contributed by atoms with van der Waals surface area (Å²) in [7, 11) is 1.37. The summed E-state index contributed by atoms with van der Waals surface area (Å²) in [6.07, 6.45) is 2.08. The van der Waals surface area contributed by atoms with Gasteiger partial charge in [-0.1, -0.05) is 36.4 Å². The molecule has 2 aromatic heterocycles. The van der Waals surface area contributed by atoms with Crippen LogP contribution in [0.2, 0.25) is 0 Å². The number of rotatable bonds is 5. The van der Waals surface area contributed by atoms with Gasteiger partial charge in [-0.25, -0.2) is 9.78 Å². The molecule has 0 spiro atoms. The van der Waals surface area contributed by atoms with Crippen LogP contribution < -0.4 is 0 Å². The van der Waals surface area contributed by atoms with Crippen LogP contribution in [0.4, 0.5) is 0 Å². The van der Waals surface area contributed by atoms with Gasteiger partial charge in [-0.05, 0) is 48.2 Å². The van der Waals surface area contributed by atoms with Gasteiger partial charge in [0.15, 0.2) is 0 Å². The molecule has 4 rings (SSSR count). The largest absolute Gasteiger partial charge is 0.464 e. The number of esters is 1. The monoisotopic (exact) mass is 388 g/mol. The van der Waals surface area contributed by atoms with E-state index < -0.39 is 5.97 Å². The van der Waals surface area contributed by atoms with E-state index in [0.717, 1.165) is 22.5 Å². The predicted octanol–water partition coefficient (Wildman–Crippen LogP) is 5.26. The molecule has 2 heterocycles. The molecule has 0 amide bonds. The number of fused-ring (bicyclic) bond motifs is 1. The van der Waals surface area contributed by atoms with Crippen LogP contribution in [0.3, 0.4) is 0 Å². The zero-order valence-corrected chi connectivity index (χ0v) is 16.6. The Morgan fingerprint density at radius 2 is 1.86 bits per heavy atom. The molecular weight excluding hydrogens is 368 g/mol. The van der Waals surface area contributed by atoms with Gasteiger partial charge >= 0.3 is 5.97 Å². The van der Waals surface area contributed by atoms with Crippen LogP contribution in [-0.2, 0) is 11.3 Å². The second kappa shape index (κ2) is 7.90. The Morgan fingerprint density at radius 3 is 2.61 bits per heavy atom. The van der Waals surface area contributed by atoms with Crippen molar-refractivity contribution in [2.75, 3.05) is 13.4 Å². The number of thioether (sulfide) groups is 1. The predicted molar refractivity (Wildman–Crippen MR) is 114 cm³/mol. The van der Waals surface area contributed by atoms with Crippen molar-refractivity contribution < 1.29 is 9.53 Å². The summed E-state index contributed by atoms with van der Waals surface area (Å²) in [5, 5.41) is 1.19. The first kappa shape index (κ1) is 18.3. The van der Waals surface area contributed by atoms with E-state index >= 15 is 0 Å². The lowest BCUT2D eigenvalue weighted by atomic mass is 10.1. The smallest absolute Gasteiger partial charge is 0.356 e. The van der Waals surface area contributed by atoms with Crippen LogP contribution in [0.5, 0.6) is 0 Å². The van der Waals surface area contributed by atoms with Gasteiger partial charge in [-0.2, -0.15) is 0 Å². The Hall–Kier alpha value is -3.05. The Bertz CT molecular complexity index is 1140. The van der Waals surface area contributed by atoms with Gasteiger partial charge in [0.1, 0.15) is 5.69 Å². The summed E-state index contributed by atoms with van der Waals surface area (Å²) in [5.74, 6) is -0.424. The fourth-order valence-corrected chi connectivity index (χ4v) is 3.79. The Labute approximate surface area is 168 Å². The van der Waals surface area contributed by atoms with Crippen LogP contribution in [0.1, 0.15) is 16.2 Å². The lowest BCUT2D eigenvalue weighted by molar-refractivity contribution is 0.0593. The number of ether oxygens (including phenoxy) is 1. The molecule has 4 aromatic rings. The fraction of sp³-hybridized carbons (Fsp3) is 0.130. The third-order valence-corrected chi connectivity index (χ3v) is 5.42. The summed E-state index contributed by atoms with van der Waals surface area (Å²) in [5.41, 5.74) is 4.54. The third kappa shape index (κ3) is 3.53. The summed E-state index contributed by atoms with van der Waals surface area (Å²) < 4.78 is 7.05. The van der Waals surface area contributed by atoms with Gasteiger partial charge in [-0.15, -0.1) is 11.8 Å². The van der Waals surface area contributed by atoms with Gasteiger partial charge in [0.05, 0.1) is 19.3 Å². The van der Waals surface area contributed by atoms with E-state index in [1.165, 1.54) is 17.4 Å². The number of hydrogen-bond acceptors (Lipinski definition) is 4. The highest BCUT2D eigenvalue weighted by atomic mass is 32.2. The van der Waals surface area contributed by atoms with Gasteiger partial charge < -0.3 is 9.30 Å². The number of carbonyl (C=O) groups is 1. The number of hydrogen-bond donors (Lipinski definition) is 0. The normalized spacial score (nSPS) is 10.9. The zero-order valence-electron chi connectivity index (χ0n) is 15.8. The van der Waals surface area contributed by atoms with E-state index in [9.17, 15) is 4.79 Å². The minimum Gasteiger partial charge on any atom is -0.464 e. The summed E-state index contributed by atoms with van der Waals surface area (Å²) >= 11 is 1.73. The van der Waals surface area contributed by atoms with Gasteiger partial charge in [0.25, 0.3) is 0 Å². The molecule has 0 unspecified atom stereocenters. The average Bonchev–Trinajstić information content (AvgIpc) is 3.11. The molecule has 0 radical (unpaired) electrons. The number of nitrogens with zero attached hydrogens (tertiary/aromatic N) is 2. The van der Waals surface area contributed by atoms with Crippen molar-refractivity contribution in [3.8, 4) is 11.3 Å². The standard InChI is InChI=1S/C23H20N2O2S/c1-27-23(26)20-10-6-9-18(24-20)15-25-21-12-11-19(28-2)13-17(21)14-22(25)16-7-4-3-5-8-16/h3-14H,15H2,1-2H3. The molecule has 140 valence electrons. The minimum atomic E-state index is -0.424. The number of carbonyl (C=O) groups excluding carboxylic acids is 1. The molecule has 0 fully saturated rings. The highest BCUT2D eigenvalue weighted by Crippen LogP contribution is 2.31. The topological polar surface area (TPSA) is 44.1 Å². The van der Waals surface area contributed by atoms with E-state index in [0.29, 0.717) is 12.2 Å². The average molecular weight is 388 g/mol. The number of methoxy groups -OCH3 is 1. The molecule has 0 saturated heterocycles. The maximum absolute atomic E-state index is 11.8. The fourth-order valence-electron chi connectivity index (χ4n) is 3.34. The van der Waals surface area contributed by atoms with Crippen LogP contribution in [-0.4, -0.2) is 28.9 Å². The quantitative estimate of drug-likeness (QED) is 0.345. The van der Waals surface area contributed by atoms with Crippen molar-refractivity contribution in [3.05, 3.63) is 84.2 Å². The van der Waals surface area contributed by atoms with Crippen molar-refractivity contribution in [1.29, 1.82) is 0 Å². The Morgan fingerprint density at radius 1 is 1.04 bits per heavy atom. The SMILES string of the molecule is COC(=O)c1cccc(Cn2c(-c3ccccc3)cc3cc(SC)ccc32)n1. The maximum atomic E-state index is 11.8. The second-order valence-electron chi connectivity index (χ2n) is 6.41. The molecule has 0 aliphatic carbocycles. The maximum Gasteiger partial charge on any atom is 0.356 e. The minimum absolute atomic E-state index is 0.322. The first-order valence-electron chi connectivity index (χ1n) is 8.96. The Balaban J connectivity index is 1.84. The van der Waals surface area contributed by atoms with E-state index in [2.05, 4.69) is 52.2 Å². The lowest BCUT2D eigenvalue weighted by Gasteiger charge is -2.12. The molecule has 4 nitrogen and oxygen atoms in total. The summed E-state index contributed by atoms with van der Waals surface area (Å²) in [4.78, 5) is 17.6. The van der Waals surface area contributed by atoms with Crippen LogP contribution in [0.15, 0.2) is 77.7 Å². The molecule has 0 atom stereocenters. The summed E-state index contributed by atoms with van der Waals surface area (Å²) in [6, 6.07) is 24.5. The number of pyridine rings is 1. The molecule has 0 N–H and O–H groups in total. The van der Waals surface area contributed by atoms with Crippen molar-refractivity contribution in [1.82, 2.24) is 9.55 Å². The second-order valence-corrected chi connectivity index (χ2v) is 7.29. The first-order valence-corrected chi connectivity index (χ1v) is 10.2. The van der Waals surface area contributed by atoms with E-state index in [4.69, 9.17) is 4.74 Å². The number of benzene rings is 2. The zero-order chi connectivity index (χ0) is 19.5. The first-order chi connectivity index (χ1) is 13.7. The molecule has 0 bridgehead atoms. The molecule has 28 heavy (non-hydrogen) atoms. The third-order valence-electron chi connectivity index (χ3n) is 4.70. The molecule has 5 heteroatoms. The van der Waals surface area contributed by atoms with Crippen molar-refractivity contribution in [2.45, 2.75) is 11.4 Å². The van der Waals surface area contributed by atoms with Gasteiger partial charge in [0.2, 0.25) is 0 Å². The molecular formula is C23H20N2O2S. The van der Waals surface area contributed by atoms with Crippen LogP contribution in [0.25, 0.3) is 22.2 Å². The van der Waals surface area contributed by atoms with E-state index in [1.54, 1.807) is 17.8 Å². The van der Waals surface area contributed by atoms with E-state index in [1.807, 2.05) is 30.3 Å². The van der Waals surface area contributed by atoms with Crippen LogP contribution in [0, 0.1) is 0 Å². The highest BCUT2D eigenvalue weighted by molar-refractivity contribution is 7.98. The molecule has 0 aliphatic rings. The number of aromatic nitrogens is 2. The van der Waals surface area contributed by atoms with Gasteiger partial charge in [-0.3, -0.25) is 0 Å². The molecule has 0 saturated carbocycles. The van der Waals surface area contributed by atoms with Crippen molar-refractivity contribution >= 4 is 28.6 Å². The van der Waals surface area contributed by atoms with E-state index in [-0.39, 0.29) is 0 Å². The van der Waals surface area contributed by atoms with Crippen LogP contribution >= 0.6 is 11.8 Å². The van der Waals surface area contributed by atoms with Gasteiger partial charge in [0, 0.05) is 21.5 Å². The Kier molecular flexibility index (Phi) is 5.17. The molecule has 0 aliphatic heterocycles. The summed E-state index contributed by atoms with van der Waals surface area (Å²) in [6.45, 7) is 0.567.